The van der Waals surface area contributed by atoms with Crippen molar-refractivity contribution in [3.63, 3.8) is 0 Å². The van der Waals surface area contributed by atoms with Gasteiger partial charge in [0.25, 0.3) is 0 Å². The first-order chi connectivity index (χ1) is 8.76. The molecule has 1 aliphatic rings. The van der Waals surface area contributed by atoms with Gasteiger partial charge in [-0.3, -0.25) is 4.90 Å². The molecule has 1 fully saturated rings. The number of halogens is 3. The molecule has 0 radical (unpaired) electrons. The quantitative estimate of drug-likeness (QED) is 0.863. The smallest absolute Gasteiger partial charge is 0.165 e. The number of rotatable bonds is 4. The van der Waals surface area contributed by atoms with E-state index >= 15 is 0 Å². The van der Waals surface area contributed by atoms with E-state index < -0.39 is 0 Å². The van der Waals surface area contributed by atoms with Crippen LogP contribution in [0.3, 0.4) is 0 Å². The zero-order valence-corrected chi connectivity index (χ0v) is 13.1. The lowest BCUT2D eigenvalue weighted by molar-refractivity contribution is 0.203. The van der Waals surface area contributed by atoms with Crippen LogP contribution in [0.2, 0.25) is 0 Å². The van der Waals surface area contributed by atoms with Crippen LogP contribution in [0.1, 0.15) is 11.6 Å². The minimum absolute atomic E-state index is 0. The highest BCUT2D eigenvalue weighted by Crippen LogP contribution is 2.27. The molecule has 0 aliphatic carbocycles. The zero-order valence-electron chi connectivity index (χ0n) is 11.5. The number of methoxy groups -OCH3 is 1. The third-order valence-corrected chi connectivity index (χ3v) is 3.28. The summed E-state index contributed by atoms with van der Waals surface area (Å²) in [6, 6.07) is 5.12. The predicted octanol–water partition coefficient (Wildman–Crippen LogP) is 2.81. The van der Waals surface area contributed by atoms with Crippen LogP contribution < -0.4 is 10.1 Å². The highest BCUT2D eigenvalue weighted by atomic mass is 35.5. The lowest BCUT2D eigenvalue weighted by Crippen LogP contribution is -2.44. The second-order valence-corrected chi connectivity index (χ2v) is 4.36. The van der Waals surface area contributed by atoms with E-state index in [4.69, 9.17) is 4.74 Å². The average molecular weight is 323 g/mol. The summed E-state index contributed by atoms with van der Waals surface area (Å²) in [5, 5.41) is 3.32. The number of ether oxygens (including phenoxy) is 1. The van der Waals surface area contributed by atoms with Gasteiger partial charge in [0.2, 0.25) is 0 Å². The number of nitrogens with one attached hydrogen (secondary N) is 1. The van der Waals surface area contributed by atoms with Crippen molar-refractivity contribution in [2.24, 2.45) is 0 Å². The number of benzene rings is 1. The van der Waals surface area contributed by atoms with Crippen LogP contribution in [0.4, 0.5) is 4.39 Å². The van der Waals surface area contributed by atoms with Crippen molar-refractivity contribution < 1.29 is 9.13 Å². The fourth-order valence-corrected chi connectivity index (χ4v) is 2.32. The first-order valence-electron chi connectivity index (χ1n) is 6.17. The summed E-state index contributed by atoms with van der Waals surface area (Å²) >= 11 is 0. The summed E-state index contributed by atoms with van der Waals surface area (Å²) < 4.78 is 18.4. The van der Waals surface area contributed by atoms with Crippen molar-refractivity contribution in [2.75, 3.05) is 33.3 Å². The molecule has 1 aliphatic heterocycles. The molecule has 0 bridgehead atoms. The summed E-state index contributed by atoms with van der Waals surface area (Å²) in [4.78, 5) is 2.33. The normalized spacial score (nSPS) is 16.5. The molecule has 0 unspecified atom stereocenters. The number of hydrogen-bond donors (Lipinski definition) is 1. The summed E-state index contributed by atoms with van der Waals surface area (Å²) in [6.45, 7) is 7.78. The van der Waals surface area contributed by atoms with Crippen LogP contribution in [-0.2, 0) is 0 Å². The minimum atomic E-state index is -0.329. The van der Waals surface area contributed by atoms with Gasteiger partial charge in [-0.2, -0.15) is 0 Å². The van der Waals surface area contributed by atoms with Crippen LogP contribution in [0, 0.1) is 5.82 Å². The first-order valence-corrected chi connectivity index (χ1v) is 6.17. The second-order valence-electron chi connectivity index (χ2n) is 4.36. The molecule has 0 aromatic heterocycles. The molecule has 1 aromatic rings. The molecule has 3 nitrogen and oxygen atoms in total. The standard InChI is InChI=1S/C14H19FN2O.2ClH/c1-3-13(17-8-6-16-7-9-17)11-4-5-12(15)14(10-11)18-2;;/h3-5,10,13,16H,1,6-9H2,2H3;2*1H/t13-;;/m1../s1. The summed E-state index contributed by atoms with van der Waals surface area (Å²) in [6.07, 6.45) is 1.90. The topological polar surface area (TPSA) is 24.5 Å². The highest BCUT2D eigenvalue weighted by molar-refractivity contribution is 5.85. The molecule has 1 heterocycles. The molecule has 6 heteroatoms. The van der Waals surface area contributed by atoms with Gasteiger partial charge in [0.15, 0.2) is 11.6 Å². The van der Waals surface area contributed by atoms with Crippen molar-refractivity contribution >= 4 is 24.8 Å². The number of nitrogens with zero attached hydrogens (tertiary/aromatic N) is 1. The Hall–Kier alpha value is -0.810. The van der Waals surface area contributed by atoms with E-state index in [0.717, 1.165) is 31.7 Å². The van der Waals surface area contributed by atoms with Gasteiger partial charge in [-0.1, -0.05) is 12.1 Å². The van der Waals surface area contributed by atoms with E-state index in [2.05, 4.69) is 16.8 Å². The van der Waals surface area contributed by atoms with Gasteiger partial charge in [0.1, 0.15) is 0 Å². The van der Waals surface area contributed by atoms with Gasteiger partial charge < -0.3 is 10.1 Å². The summed E-state index contributed by atoms with van der Waals surface area (Å²) in [5.41, 5.74) is 1.02. The van der Waals surface area contributed by atoms with Crippen molar-refractivity contribution in [3.8, 4) is 5.75 Å². The Morgan fingerprint density at radius 2 is 2.00 bits per heavy atom. The van der Waals surface area contributed by atoms with Gasteiger partial charge in [-0.05, 0) is 17.7 Å². The lowest BCUT2D eigenvalue weighted by Gasteiger charge is -2.33. The van der Waals surface area contributed by atoms with Crippen LogP contribution in [0.25, 0.3) is 0 Å². The van der Waals surface area contributed by atoms with Gasteiger partial charge in [0, 0.05) is 26.2 Å². The van der Waals surface area contributed by atoms with Gasteiger partial charge >= 0.3 is 0 Å². The Kier molecular flexibility index (Phi) is 8.81. The van der Waals surface area contributed by atoms with E-state index in [0.29, 0.717) is 0 Å². The SMILES string of the molecule is C=C[C@H](c1ccc(F)c(OC)c1)N1CCNCC1.Cl.Cl. The molecular formula is C14H21Cl2FN2O. The Morgan fingerprint density at radius 1 is 1.35 bits per heavy atom. The maximum atomic E-state index is 13.4. The Bertz CT molecular complexity index is 426. The molecule has 1 saturated heterocycles. The van der Waals surface area contributed by atoms with Gasteiger partial charge in [0.05, 0.1) is 13.2 Å². The van der Waals surface area contributed by atoms with E-state index in [1.165, 1.54) is 13.2 Å². The van der Waals surface area contributed by atoms with Crippen molar-refractivity contribution in [3.05, 3.63) is 42.2 Å². The molecule has 0 amide bonds. The van der Waals surface area contributed by atoms with E-state index in [9.17, 15) is 4.39 Å². The Labute approximate surface area is 132 Å². The molecular weight excluding hydrogens is 302 g/mol. The predicted molar refractivity (Wildman–Crippen MR) is 84.8 cm³/mol. The maximum absolute atomic E-state index is 13.4. The molecule has 1 atom stereocenters. The van der Waals surface area contributed by atoms with Crippen LogP contribution in [0.15, 0.2) is 30.9 Å². The third-order valence-electron chi connectivity index (χ3n) is 3.28. The van der Waals surface area contributed by atoms with Crippen molar-refractivity contribution in [1.29, 1.82) is 0 Å². The third kappa shape index (κ3) is 4.35. The monoisotopic (exact) mass is 322 g/mol. The van der Waals surface area contributed by atoms with E-state index in [1.54, 1.807) is 12.1 Å². The van der Waals surface area contributed by atoms with E-state index in [-0.39, 0.29) is 42.4 Å². The summed E-state index contributed by atoms with van der Waals surface area (Å²) in [7, 11) is 1.48. The fraction of sp³-hybridized carbons (Fsp3) is 0.429. The molecule has 0 saturated carbocycles. The largest absolute Gasteiger partial charge is 0.494 e. The zero-order chi connectivity index (χ0) is 13.0. The highest BCUT2D eigenvalue weighted by Gasteiger charge is 2.20. The second kappa shape index (κ2) is 9.19. The summed E-state index contributed by atoms with van der Waals surface area (Å²) in [5.74, 6) is -0.0427. The molecule has 20 heavy (non-hydrogen) atoms. The van der Waals surface area contributed by atoms with Crippen molar-refractivity contribution in [1.82, 2.24) is 10.2 Å². The molecule has 114 valence electrons. The molecule has 2 rings (SSSR count). The van der Waals surface area contributed by atoms with Crippen LogP contribution >= 0.6 is 24.8 Å². The van der Waals surface area contributed by atoms with Crippen molar-refractivity contribution in [2.45, 2.75) is 6.04 Å². The van der Waals surface area contributed by atoms with Crippen LogP contribution in [0.5, 0.6) is 5.75 Å². The van der Waals surface area contributed by atoms with Gasteiger partial charge in [-0.15, -0.1) is 31.4 Å². The van der Waals surface area contributed by atoms with Crippen LogP contribution in [-0.4, -0.2) is 38.2 Å². The van der Waals surface area contributed by atoms with Gasteiger partial charge in [-0.25, -0.2) is 4.39 Å². The Morgan fingerprint density at radius 3 is 2.55 bits per heavy atom. The lowest BCUT2D eigenvalue weighted by atomic mass is 10.0. The molecule has 1 aromatic carbocycles. The molecule has 1 N–H and O–H groups in total. The maximum Gasteiger partial charge on any atom is 0.165 e. The minimum Gasteiger partial charge on any atom is -0.494 e. The number of hydrogen-bond acceptors (Lipinski definition) is 3. The number of piperazine rings is 1. The molecule has 0 spiro atoms. The Balaban J connectivity index is 0.00000180. The fourth-order valence-electron chi connectivity index (χ4n) is 2.32. The van der Waals surface area contributed by atoms with E-state index in [1.807, 2.05) is 6.08 Å². The first kappa shape index (κ1) is 19.2. The average Bonchev–Trinajstić information content (AvgIpc) is 2.42.